The van der Waals surface area contributed by atoms with Gasteiger partial charge in [-0.15, -0.1) is 0 Å². The van der Waals surface area contributed by atoms with Crippen LogP contribution in [0, 0.1) is 0 Å². The smallest absolute Gasteiger partial charge is 0.336 e. The summed E-state index contributed by atoms with van der Waals surface area (Å²) in [6.45, 7) is 0. The van der Waals surface area contributed by atoms with E-state index in [1.807, 2.05) is 0 Å². The molecule has 0 amide bonds. The molecule has 0 radical (unpaired) electrons. The Morgan fingerprint density at radius 1 is 0.375 bits per heavy atom. The van der Waals surface area contributed by atoms with Crippen molar-refractivity contribution in [1.82, 2.24) is 0 Å². The Bertz CT molecular complexity index is 892. The molecule has 2 atom stereocenters. The van der Waals surface area contributed by atoms with Crippen LogP contribution in [0.2, 0.25) is 0 Å². The Morgan fingerprint density at radius 3 is 0.900 bits per heavy atom. The maximum atomic E-state index is 13.5. The standard InChI is InChI=1S/C14H5F25O/c15-2(3(16)7(23,24)14(37,38)39)6(21,22)9(27,28)11(31,32)13(35,36)12(33,34)10(29,30)8(25,26)4(17,18)1-5(19,20)40/h2-3,40H,1H2. The van der Waals surface area contributed by atoms with Crippen molar-refractivity contribution in [3.8, 4) is 0 Å². The minimum atomic E-state index is -9.35. The maximum Gasteiger partial charge on any atom is 0.456 e. The van der Waals surface area contributed by atoms with Gasteiger partial charge in [0.15, 0.2) is 0 Å². The van der Waals surface area contributed by atoms with Crippen molar-refractivity contribution < 1.29 is 115 Å². The van der Waals surface area contributed by atoms with Crippen molar-refractivity contribution in [2.45, 2.75) is 84.4 Å². The third-order valence-corrected chi connectivity index (χ3v) is 4.61. The van der Waals surface area contributed by atoms with E-state index in [-0.39, 0.29) is 0 Å². The third kappa shape index (κ3) is 5.28. The zero-order chi connectivity index (χ0) is 33.4. The number of rotatable bonds is 12. The topological polar surface area (TPSA) is 20.2 Å². The van der Waals surface area contributed by atoms with Gasteiger partial charge in [-0.25, -0.2) is 8.78 Å². The molecule has 1 N–H and O–H groups in total. The first-order valence-corrected chi connectivity index (χ1v) is 8.62. The van der Waals surface area contributed by atoms with Crippen LogP contribution in [0.15, 0.2) is 0 Å². The average molecular weight is 664 g/mol. The van der Waals surface area contributed by atoms with Gasteiger partial charge < -0.3 is 5.11 Å². The molecule has 0 aliphatic carbocycles. The number of halogens is 25. The van der Waals surface area contributed by atoms with Crippen LogP contribution in [0.4, 0.5) is 110 Å². The molecule has 0 fully saturated rings. The predicted molar refractivity (Wildman–Crippen MR) is 72.2 cm³/mol. The highest BCUT2D eigenvalue weighted by Crippen LogP contribution is 2.65. The molecule has 0 saturated heterocycles. The zero-order valence-electron chi connectivity index (χ0n) is 17.3. The quantitative estimate of drug-likeness (QED) is 0.211. The van der Waals surface area contributed by atoms with Crippen molar-refractivity contribution in [3.05, 3.63) is 0 Å². The van der Waals surface area contributed by atoms with Crippen molar-refractivity contribution >= 4 is 0 Å². The Hall–Kier alpha value is -1.79. The second kappa shape index (κ2) is 9.62. The van der Waals surface area contributed by atoms with Gasteiger partial charge in [0, 0.05) is 0 Å². The van der Waals surface area contributed by atoms with Gasteiger partial charge >= 0.3 is 65.6 Å². The minimum absolute atomic E-state index is 4.41. The first kappa shape index (κ1) is 38.2. The fraction of sp³-hybridized carbons (Fsp3) is 1.00. The molecule has 0 heterocycles. The minimum Gasteiger partial charge on any atom is -0.336 e. The summed E-state index contributed by atoms with van der Waals surface area (Å²) in [5, 5.41) is 7.66. The van der Waals surface area contributed by atoms with Gasteiger partial charge in [0.25, 0.3) is 0 Å². The summed E-state index contributed by atoms with van der Waals surface area (Å²) in [7, 11) is 0. The van der Waals surface area contributed by atoms with E-state index in [2.05, 4.69) is 0 Å². The van der Waals surface area contributed by atoms with E-state index in [0.29, 0.717) is 0 Å². The lowest BCUT2D eigenvalue weighted by Crippen LogP contribution is -2.76. The Labute approximate surface area is 200 Å². The van der Waals surface area contributed by atoms with Crippen LogP contribution in [0.3, 0.4) is 0 Å². The molecular weight excluding hydrogens is 659 g/mol. The van der Waals surface area contributed by atoms with Crippen LogP contribution in [0.1, 0.15) is 6.42 Å². The summed E-state index contributed by atoms with van der Waals surface area (Å²) in [4.78, 5) is 0. The molecule has 2 unspecified atom stereocenters. The van der Waals surface area contributed by atoms with Gasteiger partial charge in [-0.05, 0) is 0 Å². The van der Waals surface area contributed by atoms with Crippen molar-refractivity contribution in [2.24, 2.45) is 0 Å². The Balaban J connectivity index is 7.00. The second-order valence-electron chi connectivity index (χ2n) is 7.54. The molecule has 0 aromatic carbocycles. The van der Waals surface area contributed by atoms with E-state index < -0.39 is 84.4 Å². The summed E-state index contributed by atoms with van der Waals surface area (Å²) in [6.07, 6.45) is -31.5. The van der Waals surface area contributed by atoms with E-state index in [0.717, 1.165) is 0 Å². The highest BCUT2D eigenvalue weighted by atomic mass is 19.4. The molecule has 0 saturated carbocycles. The van der Waals surface area contributed by atoms with Gasteiger partial charge in [-0.2, -0.15) is 101 Å². The van der Waals surface area contributed by atoms with Gasteiger partial charge in [-0.3, -0.25) is 0 Å². The number of hydrogen-bond donors (Lipinski definition) is 1. The van der Waals surface area contributed by atoms with E-state index >= 15 is 0 Å². The summed E-state index contributed by atoms with van der Waals surface area (Å²) < 4.78 is 326. The monoisotopic (exact) mass is 664 g/mol. The van der Waals surface area contributed by atoms with Crippen LogP contribution in [-0.2, 0) is 0 Å². The molecule has 0 aromatic heterocycles. The van der Waals surface area contributed by atoms with Crippen LogP contribution >= 0.6 is 0 Å². The number of hydrogen-bond acceptors (Lipinski definition) is 1. The molecule has 0 aliphatic heterocycles. The van der Waals surface area contributed by atoms with Crippen LogP contribution in [0.5, 0.6) is 0 Å². The lowest BCUT2D eigenvalue weighted by atomic mass is 9.85. The predicted octanol–water partition coefficient (Wildman–Crippen LogP) is 7.92. The van der Waals surface area contributed by atoms with E-state index in [1.165, 1.54) is 0 Å². The van der Waals surface area contributed by atoms with Crippen molar-refractivity contribution in [1.29, 1.82) is 0 Å². The Morgan fingerprint density at radius 2 is 0.625 bits per heavy atom. The van der Waals surface area contributed by atoms with E-state index in [4.69, 9.17) is 5.11 Å². The van der Waals surface area contributed by atoms with Crippen molar-refractivity contribution in [3.63, 3.8) is 0 Å². The molecule has 0 aliphatic rings. The maximum absolute atomic E-state index is 13.5. The lowest BCUT2D eigenvalue weighted by Gasteiger charge is -2.44. The van der Waals surface area contributed by atoms with E-state index in [9.17, 15) is 110 Å². The molecule has 0 spiro atoms. The molecule has 1 nitrogen and oxygen atoms in total. The SMILES string of the molecule is OC(F)(F)CC(F)(F)C(F)(F)C(F)(F)C(F)(F)C(F)(F)C(F)(F)C(F)(F)C(F)(F)C(F)C(F)C(F)(F)C(F)(F)F. The molecule has 242 valence electrons. The highest BCUT2D eigenvalue weighted by molar-refractivity contribution is 5.17. The normalized spacial score (nSPS) is 18.1. The fourth-order valence-electron chi connectivity index (χ4n) is 2.30. The van der Waals surface area contributed by atoms with Crippen LogP contribution in [0.25, 0.3) is 0 Å². The fourth-order valence-corrected chi connectivity index (χ4v) is 2.30. The Kier molecular flexibility index (Phi) is 9.19. The summed E-state index contributed by atoms with van der Waals surface area (Å²) in [5.41, 5.74) is 0. The molecule has 0 rings (SSSR count). The van der Waals surface area contributed by atoms with Gasteiger partial charge in [0.2, 0.25) is 12.3 Å². The summed E-state index contributed by atoms with van der Waals surface area (Å²) in [5.74, 6) is -78.2. The van der Waals surface area contributed by atoms with Gasteiger partial charge in [-0.1, -0.05) is 0 Å². The van der Waals surface area contributed by atoms with E-state index in [1.54, 1.807) is 0 Å². The largest absolute Gasteiger partial charge is 0.456 e. The number of alkyl halides is 25. The first-order valence-electron chi connectivity index (χ1n) is 8.62. The molecule has 0 aromatic rings. The molecule has 26 heteroatoms. The van der Waals surface area contributed by atoms with Gasteiger partial charge in [0.05, 0.1) is 0 Å². The highest BCUT2D eigenvalue weighted by Gasteiger charge is 2.95. The zero-order valence-corrected chi connectivity index (χ0v) is 17.3. The molecular formula is C14H5F25O. The van der Waals surface area contributed by atoms with Crippen LogP contribution in [-0.4, -0.2) is 83.0 Å². The molecule has 40 heavy (non-hydrogen) atoms. The number of aliphatic hydroxyl groups is 1. The van der Waals surface area contributed by atoms with Crippen molar-refractivity contribution in [2.75, 3.05) is 0 Å². The first-order chi connectivity index (χ1) is 16.8. The third-order valence-electron chi connectivity index (χ3n) is 4.61. The van der Waals surface area contributed by atoms with Crippen LogP contribution < -0.4 is 0 Å². The average Bonchev–Trinajstić information content (AvgIpc) is 2.68. The lowest BCUT2D eigenvalue weighted by molar-refractivity contribution is -0.459. The second-order valence-corrected chi connectivity index (χ2v) is 7.54. The summed E-state index contributed by atoms with van der Waals surface area (Å²) >= 11 is 0. The summed E-state index contributed by atoms with van der Waals surface area (Å²) in [6, 6.07) is 0. The van der Waals surface area contributed by atoms with Gasteiger partial charge in [0.1, 0.15) is 6.42 Å². The molecule has 0 bridgehead atoms.